The van der Waals surface area contributed by atoms with Gasteiger partial charge in [-0.3, -0.25) is 4.79 Å². The average Bonchev–Trinajstić information content (AvgIpc) is 3.13. The molecule has 172 valence electrons. The highest BCUT2D eigenvalue weighted by Crippen LogP contribution is 2.30. The van der Waals surface area contributed by atoms with Crippen LogP contribution in [-0.2, 0) is 21.4 Å². The van der Waals surface area contributed by atoms with Crippen LogP contribution in [0.5, 0.6) is 0 Å². The number of carbonyl (C=O) groups excluding carboxylic acids is 1. The highest BCUT2D eigenvalue weighted by molar-refractivity contribution is 7.99. The Balaban J connectivity index is 1.82. The van der Waals surface area contributed by atoms with Crippen LogP contribution in [0.1, 0.15) is 20.8 Å². The molecule has 1 N–H and O–H groups in total. The van der Waals surface area contributed by atoms with Crippen LogP contribution in [0.3, 0.4) is 0 Å². The third-order valence-corrected chi connectivity index (χ3v) is 8.74. The second-order valence-electron chi connectivity index (χ2n) is 6.82. The molecule has 0 aliphatic heterocycles. The number of nitrogens with one attached hydrogen (secondary N) is 1. The summed E-state index contributed by atoms with van der Waals surface area (Å²) in [5, 5.41) is 4.03. The van der Waals surface area contributed by atoms with E-state index in [1.54, 1.807) is 36.4 Å². The van der Waals surface area contributed by atoms with Crippen LogP contribution in [-0.4, -0.2) is 47.0 Å². The van der Waals surface area contributed by atoms with E-state index in [-0.39, 0.29) is 21.6 Å². The first-order valence-corrected chi connectivity index (χ1v) is 13.3. The molecule has 0 spiro atoms. The number of carbonyl (C=O) groups is 1. The molecule has 0 fully saturated rings. The van der Waals surface area contributed by atoms with E-state index in [9.17, 15) is 13.2 Å². The van der Waals surface area contributed by atoms with Crippen molar-refractivity contribution in [3.05, 3.63) is 46.4 Å². The molecule has 0 bridgehead atoms. The molecule has 11 heteroatoms. The number of aromatic nitrogens is 2. The normalized spacial score (nSPS) is 11.9. The topological polar surface area (TPSA) is 84.3 Å². The van der Waals surface area contributed by atoms with Crippen LogP contribution in [0.2, 0.25) is 10.0 Å². The number of amides is 1. The van der Waals surface area contributed by atoms with Crippen LogP contribution < -0.4 is 5.32 Å². The molecule has 0 saturated carbocycles. The third kappa shape index (κ3) is 5.07. The number of rotatable bonds is 9. The van der Waals surface area contributed by atoms with E-state index in [4.69, 9.17) is 23.2 Å². The van der Waals surface area contributed by atoms with Gasteiger partial charge in [-0.2, -0.15) is 4.31 Å². The molecule has 0 radical (unpaired) electrons. The van der Waals surface area contributed by atoms with Gasteiger partial charge in [-0.1, -0.05) is 54.9 Å². The summed E-state index contributed by atoms with van der Waals surface area (Å²) in [6.07, 6.45) is 0. The second-order valence-corrected chi connectivity index (χ2v) is 10.5. The SMILES string of the molecule is CCN(CC)S(=O)(=O)c1ccc2c(c1)nc(SCC(=O)Nc1cccc(Cl)c1Cl)n2CC. The average molecular weight is 515 g/mol. The molecule has 0 atom stereocenters. The molecule has 0 aliphatic carbocycles. The Bertz CT molecular complexity index is 1240. The van der Waals surface area contributed by atoms with Crippen molar-refractivity contribution in [3.63, 3.8) is 0 Å². The predicted octanol–water partition coefficient (Wildman–Crippen LogP) is 5.12. The van der Waals surface area contributed by atoms with E-state index >= 15 is 0 Å². The van der Waals surface area contributed by atoms with Crippen molar-refractivity contribution in [2.24, 2.45) is 0 Å². The van der Waals surface area contributed by atoms with E-state index in [0.29, 0.717) is 41.0 Å². The summed E-state index contributed by atoms with van der Waals surface area (Å²) >= 11 is 13.4. The molecule has 7 nitrogen and oxygen atoms in total. The molecule has 3 rings (SSSR count). The van der Waals surface area contributed by atoms with Crippen LogP contribution >= 0.6 is 35.0 Å². The predicted molar refractivity (Wildman–Crippen MR) is 131 cm³/mol. The maximum absolute atomic E-state index is 12.9. The Morgan fingerprint density at radius 3 is 2.53 bits per heavy atom. The number of benzene rings is 2. The molecule has 2 aromatic carbocycles. The molecule has 0 aliphatic rings. The number of nitrogens with zero attached hydrogens (tertiary/aromatic N) is 3. The standard InChI is InChI=1S/C21H24Cl2N4O3S2/c1-4-26(5-2)32(29,30)14-10-11-18-17(12-14)25-21(27(18)6-3)31-13-19(28)24-16-9-7-8-15(22)20(16)23/h7-12H,4-6,13H2,1-3H3,(H,24,28). The minimum Gasteiger partial charge on any atom is -0.324 e. The quantitative estimate of drug-likeness (QED) is 0.400. The Morgan fingerprint density at radius 2 is 1.88 bits per heavy atom. The summed E-state index contributed by atoms with van der Waals surface area (Å²) in [7, 11) is -3.58. The number of thioether (sulfide) groups is 1. The Labute approximate surface area is 202 Å². The van der Waals surface area contributed by atoms with E-state index in [1.165, 1.54) is 16.1 Å². The largest absolute Gasteiger partial charge is 0.324 e. The summed E-state index contributed by atoms with van der Waals surface area (Å²) < 4.78 is 29.1. The van der Waals surface area contributed by atoms with Gasteiger partial charge in [0, 0.05) is 19.6 Å². The highest BCUT2D eigenvalue weighted by atomic mass is 35.5. The fourth-order valence-electron chi connectivity index (χ4n) is 3.29. The first-order chi connectivity index (χ1) is 15.2. The lowest BCUT2D eigenvalue weighted by Gasteiger charge is -2.18. The van der Waals surface area contributed by atoms with Gasteiger partial charge in [-0.25, -0.2) is 13.4 Å². The monoisotopic (exact) mass is 514 g/mol. The zero-order valence-corrected chi connectivity index (χ0v) is 21.1. The van der Waals surface area contributed by atoms with E-state index < -0.39 is 10.0 Å². The fourth-order valence-corrected chi connectivity index (χ4v) is 6.00. The number of fused-ring (bicyclic) bond motifs is 1. The van der Waals surface area contributed by atoms with Gasteiger partial charge in [0.2, 0.25) is 15.9 Å². The van der Waals surface area contributed by atoms with E-state index in [2.05, 4.69) is 10.3 Å². The fraction of sp³-hybridized carbons (Fsp3) is 0.333. The van der Waals surface area contributed by atoms with Crippen molar-refractivity contribution in [2.75, 3.05) is 24.2 Å². The van der Waals surface area contributed by atoms with Gasteiger partial charge in [-0.05, 0) is 37.3 Å². The van der Waals surface area contributed by atoms with Crippen LogP contribution in [0, 0.1) is 0 Å². The number of imidazole rings is 1. The van der Waals surface area contributed by atoms with Crippen LogP contribution in [0.15, 0.2) is 46.5 Å². The molecule has 3 aromatic rings. The van der Waals surface area contributed by atoms with Crippen molar-refractivity contribution in [2.45, 2.75) is 37.4 Å². The summed E-state index contributed by atoms with van der Waals surface area (Å²) in [6.45, 7) is 7.00. The van der Waals surface area contributed by atoms with Crippen molar-refractivity contribution in [1.29, 1.82) is 0 Å². The van der Waals surface area contributed by atoms with E-state index in [1.807, 2.05) is 25.3 Å². The van der Waals surface area contributed by atoms with Gasteiger partial charge in [0.1, 0.15) is 0 Å². The molecule has 1 aromatic heterocycles. The summed E-state index contributed by atoms with van der Waals surface area (Å²) in [6, 6.07) is 9.98. The number of hydrogen-bond acceptors (Lipinski definition) is 5. The van der Waals surface area contributed by atoms with Crippen molar-refractivity contribution in [1.82, 2.24) is 13.9 Å². The number of halogens is 2. The van der Waals surface area contributed by atoms with Crippen molar-refractivity contribution < 1.29 is 13.2 Å². The molecule has 1 amide bonds. The lowest BCUT2D eigenvalue weighted by molar-refractivity contribution is -0.113. The Kier molecular flexibility index (Phi) is 8.11. The zero-order valence-electron chi connectivity index (χ0n) is 17.9. The number of anilines is 1. The Morgan fingerprint density at radius 1 is 1.16 bits per heavy atom. The van der Waals surface area contributed by atoms with Crippen molar-refractivity contribution >= 4 is 67.6 Å². The maximum atomic E-state index is 12.9. The number of aryl methyl sites for hydroxylation is 1. The minimum absolute atomic E-state index is 0.108. The zero-order chi connectivity index (χ0) is 23.5. The minimum atomic E-state index is -3.58. The Hall–Kier alpha value is -1.78. The molecule has 1 heterocycles. The highest BCUT2D eigenvalue weighted by Gasteiger charge is 2.23. The lowest BCUT2D eigenvalue weighted by atomic mass is 10.3. The first kappa shape index (κ1) is 24.9. The molecular weight excluding hydrogens is 491 g/mol. The third-order valence-electron chi connectivity index (χ3n) is 4.90. The number of sulfonamides is 1. The van der Waals surface area contributed by atoms with Gasteiger partial charge in [0.05, 0.1) is 37.4 Å². The summed E-state index contributed by atoms with van der Waals surface area (Å²) in [5.74, 6) is -0.143. The molecule has 0 unspecified atom stereocenters. The lowest BCUT2D eigenvalue weighted by Crippen LogP contribution is -2.30. The van der Waals surface area contributed by atoms with Crippen molar-refractivity contribution in [3.8, 4) is 0 Å². The number of hydrogen-bond donors (Lipinski definition) is 1. The molecular formula is C21H24Cl2N4O3S2. The van der Waals surface area contributed by atoms with Gasteiger partial charge in [0.15, 0.2) is 5.16 Å². The van der Waals surface area contributed by atoms with Gasteiger partial charge in [0.25, 0.3) is 0 Å². The summed E-state index contributed by atoms with van der Waals surface area (Å²) in [5.41, 5.74) is 1.83. The van der Waals surface area contributed by atoms with Gasteiger partial charge >= 0.3 is 0 Å². The second kappa shape index (κ2) is 10.4. The first-order valence-electron chi connectivity index (χ1n) is 10.1. The molecule has 32 heavy (non-hydrogen) atoms. The van der Waals surface area contributed by atoms with Crippen LogP contribution in [0.4, 0.5) is 5.69 Å². The van der Waals surface area contributed by atoms with E-state index in [0.717, 1.165) is 5.52 Å². The van der Waals surface area contributed by atoms with Crippen LogP contribution in [0.25, 0.3) is 11.0 Å². The maximum Gasteiger partial charge on any atom is 0.243 e. The smallest absolute Gasteiger partial charge is 0.243 e. The van der Waals surface area contributed by atoms with Gasteiger partial charge in [-0.15, -0.1) is 0 Å². The van der Waals surface area contributed by atoms with Gasteiger partial charge < -0.3 is 9.88 Å². The summed E-state index contributed by atoms with van der Waals surface area (Å²) in [4.78, 5) is 17.2. The molecule has 0 saturated heterocycles.